The molecule has 3 aromatic rings. The number of aryl methyl sites for hydroxylation is 1. The fourth-order valence-corrected chi connectivity index (χ4v) is 4.41. The lowest BCUT2D eigenvalue weighted by atomic mass is 10.1. The average molecular weight is 319 g/mol. The summed E-state index contributed by atoms with van der Waals surface area (Å²) < 4.78 is 0. The van der Waals surface area contributed by atoms with Crippen molar-refractivity contribution in [3.63, 3.8) is 0 Å². The molecule has 4 heteroatoms. The van der Waals surface area contributed by atoms with Crippen molar-refractivity contribution in [1.29, 1.82) is 5.26 Å². The largest absolute Gasteiger partial charge is 0.354 e. The Hall–Kier alpha value is -2.38. The molecule has 0 saturated heterocycles. The van der Waals surface area contributed by atoms with Gasteiger partial charge in [0.15, 0.2) is 0 Å². The Kier molecular flexibility index (Phi) is 3.72. The number of nitrogens with one attached hydrogen (secondary N) is 1. The number of aromatic nitrogens is 1. The van der Waals surface area contributed by atoms with Gasteiger partial charge in [-0.05, 0) is 43.4 Å². The first-order chi connectivity index (χ1) is 11.3. The Morgan fingerprint density at radius 2 is 2.04 bits per heavy atom. The van der Waals surface area contributed by atoms with Crippen molar-refractivity contribution in [2.75, 3.05) is 0 Å². The van der Waals surface area contributed by atoms with Gasteiger partial charge in [0.2, 0.25) is 0 Å². The molecule has 114 valence electrons. The molecular formula is C19H17N3S. The summed E-state index contributed by atoms with van der Waals surface area (Å²) in [7, 11) is 0. The van der Waals surface area contributed by atoms with Crippen LogP contribution in [0, 0.1) is 11.3 Å². The Bertz CT molecular complexity index is 891. The molecule has 0 aliphatic heterocycles. The highest BCUT2D eigenvalue weighted by Crippen LogP contribution is 2.38. The van der Waals surface area contributed by atoms with Gasteiger partial charge in [-0.1, -0.05) is 24.6 Å². The van der Waals surface area contributed by atoms with Gasteiger partial charge in [0, 0.05) is 15.8 Å². The molecule has 1 aromatic carbocycles. The van der Waals surface area contributed by atoms with E-state index in [2.05, 4.69) is 34.2 Å². The first-order valence-electron chi connectivity index (χ1n) is 8.01. The number of H-pyrrole nitrogens is 1. The lowest BCUT2D eigenvalue weighted by Gasteiger charge is -1.96. The van der Waals surface area contributed by atoms with Gasteiger partial charge in [-0.3, -0.25) is 0 Å². The number of benzene rings is 1. The SMILES string of the molecule is N#Cc1c(/N=C/c2cc3ccccc3[nH]2)sc2c1CCCCC2. The fourth-order valence-electron chi connectivity index (χ4n) is 3.23. The van der Waals surface area contributed by atoms with Crippen LogP contribution in [0.4, 0.5) is 5.00 Å². The normalized spacial score (nSPS) is 14.7. The second-order valence-corrected chi connectivity index (χ2v) is 7.01. The summed E-state index contributed by atoms with van der Waals surface area (Å²) in [4.78, 5) is 9.33. The summed E-state index contributed by atoms with van der Waals surface area (Å²) in [5.41, 5.74) is 4.12. The van der Waals surface area contributed by atoms with E-state index in [4.69, 9.17) is 0 Å². The molecule has 1 N–H and O–H groups in total. The first kappa shape index (κ1) is 14.2. The Labute approximate surface area is 139 Å². The van der Waals surface area contributed by atoms with E-state index in [-0.39, 0.29) is 0 Å². The molecule has 3 nitrogen and oxygen atoms in total. The van der Waals surface area contributed by atoms with Crippen molar-refractivity contribution in [2.24, 2.45) is 4.99 Å². The molecule has 0 unspecified atom stereocenters. The van der Waals surface area contributed by atoms with Gasteiger partial charge >= 0.3 is 0 Å². The van der Waals surface area contributed by atoms with Crippen LogP contribution in [0.25, 0.3) is 10.9 Å². The van der Waals surface area contributed by atoms with Crippen LogP contribution in [0.2, 0.25) is 0 Å². The molecule has 2 aromatic heterocycles. The lowest BCUT2D eigenvalue weighted by molar-refractivity contribution is 0.712. The van der Waals surface area contributed by atoms with Crippen LogP contribution in [0.5, 0.6) is 0 Å². The minimum atomic E-state index is 0.791. The predicted molar refractivity (Wildman–Crippen MR) is 95.8 cm³/mol. The molecule has 4 rings (SSSR count). The van der Waals surface area contributed by atoms with Crippen molar-refractivity contribution in [3.8, 4) is 6.07 Å². The Morgan fingerprint density at radius 3 is 2.91 bits per heavy atom. The van der Waals surface area contributed by atoms with E-state index in [0.717, 1.165) is 34.6 Å². The van der Waals surface area contributed by atoms with Gasteiger partial charge in [0.05, 0.1) is 17.5 Å². The molecule has 0 fully saturated rings. The number of fused-ring (bicyclic) bond motifs is 2. The zero-order chi connectivity index (χ0) is 15.6. The zero-order valence-corrected chi connectivity index (χ0v) is 13.6. The lowest BCUT2D eigenvalue weighted by Crippen LogP contribution is -1.87. The molecule has 0 saturated carbocycles. The van der Waals surface area contributed by atoms with Gasteiger partial charge in [-0.25, -0.2) is 4.99 Å². The maximum atomic E-state index is 9.54. The van der Waals surface area contributed by atoms with E-state index in [9.17, 15) is 5.26 Å². The minimum Gasteiger partial charge on any atom is -0.354 e. The summed E-state index contributed by atoms with van der Waals surface area (Å²) >= 11 is 1.69. The molecule has 1 aliphatic carbocycles. The number of thiophene rings is 1. The number of rotatable bonds is 2. The number of aliphatic imine (C=N–C) groups is 1. The topological polar surface area (TPSA) is 51.9 Å². The molecule has 1 aliphatic rings. The van der Waals surface area contributed by atoms with Crippen molar-refractivity contribution < 1.29 is 0 Å². The Balaban J connectivity index is 1.69. The minimum absolute atomic E-state index is 0.791. The molecule has 0 amide bonds. The summed E-state index contributed by atoms with van der Waals surface area (Å²) in [5, 5.41) is 11.6. The van der Waals surface area contributed by atoms with Crippen LogP contribution in [0.1, 0.15) is 41.0 Å². The second-order valence-electron chi connectivity index (χ2n) is 5.93. The molecule has 0 spiro atoms. The van der Waals surface area contributed by atoms with E-state index in [1.54, 1.807) is 11.3 Å². The first-order valence-corrected chi connectivity index (χ1v) is 8.83. The van der Waals surface area contributed by atoms with Crippen molar-refractivity contribution in [2.45, 2.75) is 32.1 Å². The van der Waals surface area contributed by atoms with E-state index >= 15 is 0 Å². The third-order valence-electron chi connectivity index (χ3n) is 4.39. The van der Waals surface area contributed by atoms with Gasteiger partial charge in [0.1, 0.15) is 11.1 Å². The van der Waals surface area contributed by atoms with Gasteiger partial charge in [0.25, 0.3) is 0 Å². The second kappa shape index (κ2) is 6.02. The smallest absolute Gasteiger partial charge is 0.134 e. The average Bonchev–Trinajstić information content (AvgIpc) is 3.05. The molecule has 0 atom stereocenters. The summed E-state index contributed by atoms with van der Waals surface area (Å²) in [6, 6.07) is 12.7. The molecule has 0 radical (unpaired) electrons. The highest BCUT2D eigenvalue weighted by Gasteiger charge is 2.19. The summed E-state index contributed by atoms with van der Waals surface area (Å²) in [5.74, 6) is 0. The highest BCUT2D eigenvalue weighted by atomic mass is 32.1. The third kappa shape index (κ3) is 2.69. The highest BCUT2D eigenvalue weighted by molar-refractivity contribution is 7.16. The van der Waals surface area contributed by atoms with Crippen LogP contribution in [-0.4, -0.2) is 11.2 Å². The van der Waals surface area contributed by atoms with Crippen LogP contribution in [0.15, 0.2) is 35.3 Å². The van der Waals surface area contributed by atoms with Gasteiger partial charge < -0.3 is 4.98 Å². The van der Waals surface area contributed by atoms with E-state index in [0.29, 0.717) is 0 Å². The van der Waals surface area contributed by atoms with E-state index < -0.39 is 0 Å². The van der Waals surface area contributed by atoms with E-state index in [1.165, 1.54) is 35.1 Å². The van der Waals surface area contributed by atoms with Crippen LogP contribution in [-0.2, 0) is 12.8 Å². The summed E-state index contributed by atoms with van der Waals surface area (Å²) in [6.45, 7) is 0. The number of para-hydroxylation sites is 1. The maximum absolute atomic E-state index is 9.54. The van der Waals surface area contributed by atoms with E-state index in [1.807, 2.05) is 18.3 Å². The number of hydrogen-bond donors (Lipinski definition) is 1. The number of aromatic amines is 1. The van der Waals surface area contributed by atoms with Gasteiger partial charge in [-0.15, -0.1) is 11.3 Å². The van der Waals surface area contributed by atoms with Crippen molar-refractivity contribution >= 4 is 33.5 Å². The quantitative estimate of drug-likeness (QED) is 0.517. The predicted octanol–water partition coefficient (Wildman–Crippen LogP) is 5.12. The standard InChI is InChI=1S/C19H17N3S/c20-11-16-15-7-2-1-3-9-18(15)23-19(16)21-12-14-10-13-6-4-5-8-17(13)22-14/h4-6,8,10,12,22H,1-3,7,9H2/b21-12+. The zero-order valence-electron chi connectivity index (χ0n) is 12.8. The Morgan fingerprint density at radius 1 is 1.17 bits per heavy atom. The summed E-state index contributed by atoms with van der Waals surface area (Å²) in [6.07, 6.45) is 7.63. The van der Waals surface area contributed by atoms with Crippen molar-refractivity contribution in [1.82, 2.24) is 4.98 Å². The van der Waals surface area contributed by atoms with Crippen molar-refractivity contribution in [3.05, 3.63) is 52.0 Å². The molecule has 23 heavy (non-hydrogen) atoms. The monoisotopic (exact) mass is 319 g/mol. The molecule has 2 heterocycles. The van der Waals surface area contributed by atoms with Crippen LogP contribution in [0.3, 0.4) is 0 Å². The number of nitrogens with zero attached hydrogens (tertiary/aromatic N) is 2. The maximum Gasteiger partial charge on any atom is 0.134 e. The third-order valence-corrected chi connectivity index (χ3v) is 5.59. The number of nitriles is 1. The van der Waals surface area contributed by atoms with Crippen LogP contribution >= 0.6 is 11.3 Å². The fraction of sp³-hybridized carbons (Fsp3) is 0.263. The van der Waals surface area contributed by atoms with Crippen LogP contribution < -0.4 is 0 Å². The van der Waals surface area contributed by atoms with Gasteiger partial charge in [-0.2, -0.15) is 5.26 Å². The molecular weight excluding hydrogens is 302 g/mol. The number of hydrogen-bond acceptors (Lipinski definition) is 3. The molecule has 0 bridgehead atoms.